The van der Waals surface area contributed by atoms with Gasteiger partial charge in [0.2, 0.25) is 18.6 Å². The highest BCUT2D eigenvalue weighted by molar-refractivity contribution is 6.27. The number of allylic oxidation sites excluding steroid dienone is 1. The molecule has 1 saturated heterocycles. The summed E-state index contributed by atoms with van der Waals surface area (Å²) >= 11 is 0. The maximum atomic E-state index is 14.5. The standard InChI is InChI=1S/C36H23NO6/c38-34-30-25(21-13-15-28-29(16-21)42-18-41-28)17-26-24-14-12-20-7-2-4-10-23(20)33(24)43-36(40)31(26)32(30)35(39)37(34)27-11-5-8-19-6-1-3-9-22(19)27/h1-17,25,30-32H,18H2/t25-,30+,31-,32+/m1/s1. The summed E-state index contributed by atoms with van der Waals surface area (Å²) in [5.74, 6) is -2.70. The Balaban J connectivity index is 1.27. The molecule has 4 aliphatic rings. The fraction of sp³-hybridized carbons (Fsp3) is 0.139. The van der Waals surface area contributed by atoms with Crippen LogP contribution in [0.2, 0.25) is 0 Å². The van der Waals surface area contributed by atoms with Crippen molar-refractivity contribution in [2.75, 3.05) is 11.7 Å². The summed E-state index contributed by atoms with van der Waals surface area (Å²) in [7, 11) is 0. The monoisotopic (exact) mass is 565 g/mol. The second-order valence-corrected chi connectivity index (χ2v) is 11.4. The highest BCUT2D eigenvalue weighted by Crippen LogP contribution is 2.56. The molecule has 1 fully saturated rings. The molecule has 0 saturated carbocycles. The third-order valence-electron chi connectivity index (χ3n) is 9.27. The molecule has 43 heavy (non-hydrogen) atoms. The van der Waals surface area contributed by atoms with E-state index in [0.717, 1.165) is 32.7 Å². The number of carbonyl (C=O) groups is 3. The molecule has 4 atom stereocenters. The largest absolute Gasteiger partial charge is 0.454 e. The lowest BCUT2D eigenvalue weighted by atomic mass is 9.64. The second kappa shape index (κ2) is 8.79. The van der Waals surface area contributed by atoms with Crippen molar-refractivity contribution < 1.29 is 28.6 Å². The average molecular weight is 566 g/mol. The van der Waals surface area contributed by atoms with Gasteiger partial charge < -0.3 is 14.2 Å². The Morgan fingerprint density at radius 2 is 1.40 bits per heavy atom. The molecule has 7 nitrogen and oxygen atoms in total. The zero-order chi connectivity index (χ0) is 28.8. The first-order valence-corrected chi connectivity index (χ1v) is 14.3. The number of rotatable bonds is 2. The minimum Gasteiger partial charge on any atom is -0.454 e. The first kappa shape index (κ1) is 24.2. The molecule has 9 rings (SSSR count). The van der Waals surface area contributed by atoms with Crippen LogP contribution in [-0.4, -0.2) is 24.6 Å². The van der Waals surface area contributed by atoms with E-state index in [0.29, 0.717) is 28.5 Å². The van der Waals surface area contributed by atoms with Gasteiger partial charge in [0, 0.05) is 22.3 Å². The minimum atomic E-state index is -0.936. The van der Waals surface area contributed by atoms with Gasteiger partial charge in [-0.25, -0.2) is 4.90 Å². The summed E-state index contributed by atoms with van der Waals surface area (Å²) in [6.45, 7) is 0.122. The lowest BCUT2D eigenvalue weighted by Crippen LogP contribution is -2.42. The number of anilines is 1. The normalized spacial score (nSPS) is 23.6. The molecular weight excluding hydrogens is 542 g/mol. The first-order chi connectivity index (χ1) is 21.1. The molecule has 0 N–H and O–H groups in total. The summed E-state index contributed by atoms with van der Waals surface area (Å²) in [6, 6.07) is 30.6. The third-order valence-corrected chi connectivity index (χ3v) is 9.27. The molecule has 1 aliphatic carbocycles. The van der Waals surface area contributed by atoms with Gasteiger partial charge in [0.05, 0.1) is 23.4 Å². The van der Waals surface area contributed by atoms with Crippen LogP contribution in [0.15, 0.2) is 103 Å². The van der Waals surface area contributed by atoms with Crippen molar-refractivity contribution >= 4 is 50.6 Å². The molecule has 7 heteroatoms. The summed E-state index contributed by atoms with van der Waals surface area (Å²) in [6.07, 6.45) is 2.00. The van der Waals surface area contributed by atoms with Crippen LogP contribution in [-0.2, 0) is 14.4 Å². The van der Waals surface area contributed by atoms with E-state index in [2.05, 4.69) is 0 Å². The van der Waals surface area contributed by atoms with Gasteiger partial charge in [0.25, 0.3) is 0 Å². The Bertz CT molecular complexity index is 2090. The Morgan fingerprint density at radius 3 is 2.26 bits per heavy atom. The molecule has 5 aromatic carbocycles. The Labute approximate surface area is 245 Å². The second-order valence-electron chi connectivity index (χ2n) is 11.4. The lowest BCUT2D eigenvalue weighted by molar-refractivity contribution is -0.142. The van der Waals surface area contributed by atoms with Crippen molar-refractivity contribution in [2.24, 2.45) is 17.8 Å². The number of esters is 1. The maximum Gasteiger partial charge on any atom is 0.319 e. The van der Waals surface area contributed by atoms with Crippen molar-refractivity contribution in [3.8, 4) is 17.2 Å². The van der Waals surface area contributed by atoms with Gasteiger partial charge in [-0.05, 0) is 40.1 Å². The van der Waals surface area contributed by atoms with E-state index in [-0.39, 0.29) is 12.7 Å². The predicted molar refractivity (Wildman–Crippen MR) is 160 cm³/mol. The van der Waals surface area contributed by atoms with Crippen LogP contribution in [0.1, 0.15) is 17.0 Å². The van der Waals surface area contributed by atoms with Gasteiger partial charge in [0.15, 0.2) is 11.5 Å². The van der Waals surface area contributed by atoms with Crippen molar-refractivity contribution in [3.63, 3.8) is 0 Å². The van der Waals surface area contributed by atoms with Crippen LogP contribution >= 0.6 is 0 Å². The zero-order valence-corrected chi connectivity index (χ0v) is 22.7. The number of imide groups is 1. The number of hydrogen-bond acceptors (Lipinski definition) is 6. The van der Waals surface area contributed by atoms with Crippen LogP contribution in [0.25, 0.3) is 27.1 Å². The smallest absolute Gasteiger partial charge is 0.319 e. The Hall–Kier alpha value is -5.43. The van der Waals surface area contributed by atoms with Crippen LogP contribution in [0.3, 0.4) is 0 Å². The summed E-state index contributed by atoms with van der Waals surface area (Å²) in [4.78, 5) is 44.2. The molecule has 208 valence electrons. The van der Waals surface area contributed by atoms with Gasteiger partial charge in [0.1, 0.15) is 5.75 Å². The van der Waals surface area contributed by atoms with Gasteiger partial charge >= 0.3 is 5.97 Å². The quantitative estimate of drug-likeness (QED) is 0.143. The Kier molecular flexibility index (Phi) is 4.94. The third kappa shape index (κ3) is 3.33. The van der Waals surface area contributed by atoms with Crippen LogP contribution < -0.4 is 19.1 Å². The molecule has 2 amide bonds. The maximum absolute atomic E-state index is 14.5. The SMILES string of the molecule is O=C1Oc2c(ccc3ccccc23)C2=C[C@H](c3ccc4c(c3)OCO4)[C@@H]3C(=O)N(c4cccc5ccccc45)C(=O)[C@@H]3[C@H]12. The molecule has 3 aliphatic heterocycles. The molecule has 0 bridgehead atoms. The number of fused-ring (bicyclic) bond motifs is 9. The van der Waals surface area contributed by atoms with Crippen molar-refractivity contribution in [1.29, 1.82) is 0 Å². The number of nitrogens with zero attached hydrogens (tertiary/aromatic N) is 1. The van der Waals surface area contributed by atoms with Crippen LogP contribution in [0, 0.1) is 17.8 Å². The summed E-state index contributed by atoms with van der Waals surface area (Å²) in [5, 5.41) is 3.48. The fourth-order valence-corrected chi connectivity index (χ4v) is 7.38. The Morgan fingerprint density at radius 1 is 0.674 bits per heavy atom. The minimum absolute atomic E-state index is 0.122. The van der Waals surface area contributed by atoms with Gasteiger partial charge in [-0.1, -0.05) is 84.9 Å². The average Bonchev–Trinajstić information content (AvgIpc) is 3.62. The van der Waals surface area contributed by atoms with Gasteiger partial charge in [-0.3, -0.25) is 14.4 Å². The first-order valence-electron chi connectivity index (χ1n) is 14.3. The number of amides is 2. The topological polar surface area (TPSA) is 82.1 Å². The molecule has 0 spiro atoms. The van der Waals surface area contributed by atoms with Crippen molar-refractivity contribution in [1.82, 2.24) is 0 Å². The molecule has 0 aromatic heterocycles. The molecule has 0 unspecified atom stereocenters. The molecule has 3 heterocycles. The van der Waals surface area contributed by atoms with E-state index >= 15 is 0 Å². The number of hydrogen-bond donors (Lipinski definition) is 0. The summed E-state index contributed by atoms with van der Waals surface area (Å²) < 4.78 is 17.2. The van der Waals surface area contributed by atoms with Crippen LogP contribution in [0.5, 0.6) is 17.2 Å². The van der Waals surface area contributed by atoms with E-state index < -0.39 is 35.5 Å². The highest BCUT2D eigenvalue weighted by Gasteiger charge is 2.60. The van der Waals surface area contributed by atoms with E-state index in [1.807, 2.05) is 97.1 Å². The molecule has 5 aromatic rings. The lowest BCUT2D eigenvalue weighted by Gasteiger charge is -2.38. The number of benzene rings is 5. The molecular formula is C36H23NO6. The van der Waals surface area contributed by atoms with Crippen molar-refractivity contribution in [3.05, 3.63) is 114 Å². The van der Waals surface area contributed by atoms with Gasteiger partial charge in [-0.2, -0.15) is 0 Å². The van der Waals surface area contributed by atoms with E-state index in [9.17, 15) is 14.4 Å². The fourth-order valence-electron chi connectivity index (χ4n) is 7.38. The number of ether oxygens (including phenoxy) is 3. The summed E-state index contributed by atoms with van der Waals surface area (Å²) in [5.41, 5.74) is 2.80. The number of carbonyl (C=O) groups excluding carboxylic acids is 3. The highest BCUT2D eigenvalue weighted by atomic mass is 16.7. The van der Waals surface area contributed by atoms with E-state index in [4.69, 9.17) is 14.2 Å². The predicted octanol–water partition coefficient (Wildman–Crippen LogP) is 6.24. The molecule has 0 radical (unpaired) electrons. The van der Waals surface area contributed by atoms with Crippen molar-refractivity contribution in [2.45, 2.75) is 5.92 Å². The van der Waals surface area contributed by atoms with E-state index in [1.165, 1.54) is 4.90 Å². The van der Waals surface area contributed by atoms with Gasteiger partial charge in [-0.15, -0.1) is 0 Å². The van der Waals surface area contributed by atoms with Crippen LogP contribution in [0.4, 0.5) is 5.69 Å². The zero-order valence-electron chi connectivity index (χ0n) is 22.7. The van der Waals surface area contributed by atoms with E-state index in [1.54, 1.807) is 6.07 Å².